The molecule has 1 fully saturated rings. The summed E-state index contributed by atoms with van der Waals surface area (Å²) < 4.78 is 5.26. The average Bonchev–Trinajstić information content (AvgIpc) is 3.43. The Hall–Kier alpha value is -2.33. The summed E-state index contributed by atoms with van der Waals surface area (Å²) in [6, 6.07) is 18.0. The lowest BCUT2D eigenvalue weighted by atomic mass is 10.1. The van der Waals surface area contributed by atoms with E-state index in [4.69, 9.17) is 4.74 Å². The summed E-state index contributed by atoms with van der Waals surface area (Å²) in [6.07, 6.45) is 3.03. The van der Waals surface area contributed by atoms with Crippen molar-refractivity contribution in [2.24, 2.45) is 0 Å². The molecule has 0 aliphatic heterocycles. The number of carbonyl (C=O) groups is 1. The van der Waals surface area contributed by atoms with E-state index in [9.17, 15) is 4.79 Å². The Bertz CT molecular complexity index is 668. The molecule has 1 saturated carbocycles. The van der Waals surface area contributed by atoms with Gasteiger partial charge in [-0.15, -0.1) is 0 Å². The molecular weight excluding hydrogens is 300 g/mol. The molecule has 0 unspecified atom stereocenters. The van der Waals surface area contributed by atoms with Crippen molar-refractivity contribution in [1.82, 2.24) is 10.6 Å². The Morgan fingerprint density at radius 1 is 1.17 bits per heavy atom. The first-order chi connectivity index (χ1) is 11.8. The van der Waals surface area contributed by atoms with Gasteiger partial charge in [0, 0.05) is 12.6 Å². The maximum atomic E-state index is 12.5. The smallest absolute Gasteiger partial charge is 0.241 e. The molecule has 0 aromatic heterocycles. The first-order valence-electron chi connectivity index (χ1n) is 8.48. The minimum Gasteiger partial charge on any atom is -0.497 e. The third-order valence-electron chi connectivity index (χ3n) is 4.22. The van der Waals surface area contributed by atoms with E-state index in [-0.39, 0.29) is 11.9 Å². The maximum Gasteiger partial charge on any atom is 0.241 e. The molecule has 1 aliphatic rings. The molecule has 126 valence electrons. The molecule has 0 saturated heterocycles. The van der Waals surface area contributed by atoms with E-state index in [0.29, 0.717) is 6.04 Å². The van der Waals surface area contributed by atoms with Crippen LogP contribution >= 0.6 is 0 Å². The van der Waals surface area contributed by atoms with Crippen LogP contribution in [-0.2, 0) is 11.2 Å². The van der Waals surface area contributed by atoms with E-state index in [0.717, 1.165) is 37.1 Å². The van der Waals surface area contributed by atoms with Gasteiger partial charge in [0.25, 0.3) is 0 Å². The molecular formula is C20H24N2O2. The molecule has 3 rings (SSSR count). The van der Waals surface area contributed by atoms with Gasteiger partial charge in [-0.2, -0.15) is 0 Å². The molecule has 0 spiro atoms. The highest BCUT2D eigenvalue weighted by atomic mass is 16.5. The van der Waals surface area contributed by atoms with Crippen LogP contribution < -0.4 is 15.4 Å². The van der Waals surface area contributed by atoms with Crippen molar-refractivity contribution >= 4 is 5.91 Å². The topological polar surface area (TPSA) is 50.4 Å². The summed E-state index contributed by atoms with van der Waals surface area (Å²) in [6.45, 7) is 0.727. The van der Waals surface area contributed by atoms with Crippen LogP contribution in [-0.4, -0.2) is 25.6 Å². The second-order valence-corrected chi connectivity index (χ2v) is 6.18. The third kappa shape index (κ3) is 4.59. The quantitative estimate of drug-likeness (QED) is 0.785. The van der Waals surface area contributed by atoms with Gasteiger partial charge in [0.2, 0.25) is 5.91 Å². The van der Waals surface area contributed by atoms with Gasteiger partial charge >= 0.3 is 0 Å². The largest absolute Gasteiger partial charge is 0.497 e. The van der Waals surface area contributed by atoms with Crippen molar-refractivity contribution in [3.8, 4) is 5.75 Å². The van der Waals surface area contributed by atoms with Gasteiger partial charge in [-0.1, -0.05) is 42.5 Å². The molecule has 1 atom stereocenters. The summed E-state index contributed by atoms with van der Waals surface area (Å²) in [5.74, 6) is 0.924. The predicted molar refractivity (Wildman–Crippen MR) is 95.0 cm³/mol. The maximum absolute atomic E-state index is 12.5. The van der Waals surface area contributed by atoms with Gasteiger partial charge in [-0.25, -0.2) is 0 Å². The van der Waals surface area contributed by atoms with Gasteiger partial charge < -0.3 is 15.4 Å². The van der Waals surface area contributed by atoms with Crippen LogP contribution in [0.4, 0.5) is 0 Å². The van der Waals surface area contributed by atoms with Crippen LogP contribution in [0.2, 0.25) is 0 Å². The number of methoxy groups -OCH3 is 1. The van der Waals surface area contributed by atoms with Crippen LogP contribution in [0.1, 0.15) is 30.0 Å². The van der Waals surface area contributed by atoms with Crippen LogP contribution in [0.15, 0.2) is 54.6 Å². The van der Waals surface area contributed by atoms with E-state index in [1.165, 1.54) is 5.56 Å². The Morgan fingerprint density at radius 3 is 2.67 bits per heavy atom. The van der Waals surface area contributed by atoms with E-state index < -0.39 is 0 Å². The Labute approximate surface area is 143 Å². The van der Waals surface area contributed by atoms with Gasteiger partial charge in [0.05, 0.1) is 7.11 Å². The number of benzene rings is 2. The normalized spacial score (nSPS) is 14.9. The van der Waals surface area contributed by atoms with Gasteiger partial charge in [0.15, 0.2) is 0 Å². The molecule has 0 heterocycles. The van der Waals surface area contributed by atoms with Crippen LogP contribution in [0.5, 0.6) is 5.75 Å². The van der Waals surface area contributed by atoms with E-state index in [1.807, 2.05) is 48.5 Å². The van der Waals surface area contributed by atoms with Crippen molar-refractivity contribution in [1.29, 1.82) is 0 Å². The Morgan fingerprint density at radius 2 is 1.96 bits per heavy atom. The van der Waals surface area contributed by atoms with Crippen molar-refractivity contribution in [3.05, 3.63) is 65.7 Å². The fraction of sp³-hybridized carbons (Fsp3) is 0.350. The lowest BCUT2D eigenvalue weighted by Gasteiger charge is -2.19. The molecule has 0 radical (unpaired) electrons. The molecule has 2 aromatic rings. The number of rotatable bonds is 8. The summed E-state index contributed by atoms with van der Waals surface area (Å²) in [7, 11) is 1.67. The number of nitrogens with one attached hydrogen (secondary N) is 2. The summed E-state index contributed by atoms with van der Waals surface area (Å²) in [5, 5.41) is 6.50. The second-order valence-electron chi connectivity index (χ2n) is 6.18. The monoisotopic (exact) mass is 324 g/mol. The first-order valence-corrected chi connectivity index (χ1v) is 8.48. The average molecular weight is 324 g/mol. The highest BCUT2D eigenvalue weighted by Crippen LogP contribution is 2.21. The zero-order valence-corrected chi connectivity index (χ0v) is 14.0. The summed E-state index contributed by atoms with van der Waals surface area (Å²) in [4.78, 5) is 12.5. The molecule has 4 nitrogen and oxygen atoms in total. The first kappa shape index (κ1) is 16.5. The minimum atomic E-state index is -0.308. The lowest BCUT2D eigenvalue weighted by Crippen LogP contribution is -2.39. The fourth-order valence-electron chi connectivity index (χ4n) is 2.71. The highest BCUT2D eigenvalue weighted by molar-refractivity contribution is 5.83. The second kappa shape index (κ2) is 7.97. The standard InChI is InChI=1S/C20H24N2O2/c1-24-18-9-5-6-15(14-18)12-13-21-19(16-7-3-2-4-8-16)20(23)22-17-10-11-17/h2-9,14,17,19,21H,10-13H2,1H3,(H,22,23)/t19-/m0/s1. The van der Waals surface area contributed by atoms with Crippen molar-refractivity contribution in [2.45, 2.75) is 31.3 Å². The number of hydrogen-bond acceptors (Lipinski definition) is 3. The van der Waals surface area contributed by atoms with E-state index >= 15 is 0 Å². The van der Waals surface area contributed by atoms with E-state index in [1.54, 1.807) is 7.11 Å². The summed E-state index contributed by atoms with van der Waals surface area (Å²) >= 11 is 0. The number of carbonyl (C=O) groups excluding carboxylic acids is 1. The SMILES string of the molecule is COc1cccc(CCN[C@H](C(=O)NC2CC2)c2ccccc2)c1. The van der Waals surface area contributed by atoms with Gasteiger partial charge in [-0.05, 0) is 42.5 Å². The van der Waals surface area contributed by atoms with Crippen LogP contribution in [0, 0.1) is 0 Å². The van der Waals surface area contributed by atoms with Gasteiger partial charge in [-0.3, -0.25) is 4.79 Å². The molecule has 24 heavy (non-hydrogen) atoms. The number of amides is 1. The highest BCUT2D eigenvalue weighted by Gasteiger charge is 2.27. The third-order valence-corrected chi connectivity index (χ3v) is 4.22. The fourth-order valence-corrected chi connectivity index (χ4v) is 2.71. The molecule has 1 amide bonds. The van der Waals surface area contributed by atoms with Crippen molar-refractivity contribution < 1.29 is 9.53 Å². The lowest BCUT2D eigenvalue weighted by molar-refractivity contribution is -0.123. The predicted octanol–water partition coefficient (Wildman–Crippen LogP) is 2.85. The van der Waals surface area contributed by atoms with Gasteiger partial charge in [0.1, 0.15) is 11.8 Å². The van der Waals surface area contributed by atoms with Crippen molar-refractivity contribution in [2.75, 3.05) is 13.7 Å². The summed E-state index contributed by atoms with van der Waals surface area (Å²) in [5.41, 5.74) is 2.19. The number of hydrogen-bond donors (Lipinski definition) is 2. The molecule has 2 aromatic carbocycles. The van der Waals surface area contributed by atoms with Crippen LogP contribution in [0.25, 0.3) is 0 Å². The molecule has 0 bridgehead atoms. The molecule has 1 aliphatic carbocycles. The van der Waals surface area contributed by atoms with E-state index in [2.05, 4.69) is 16.7 Å². The zero-order chi connectivity index (χ0) is 16.8. The molecule has 4 heteroatoms. The minimum absolute atomic E-state index is 0.0642. The molecule has 2 N–H and O–H groups in total. The zero-order valence-electron chi connectivity index (χ0n) is 14.0. The Balaban J connectivity index is 1.61. The van der Waals surface area contributed by atoms with Crippen LogP contribution in [0.3, 0.4) is 0 Å². The van der Waals surface area contributed by atoms with Crippen molar-refractivity contribution in [3.63, 3.8) is 0 Å². The number of ether oxygens (including phenoxy) is 1. The Kier molecular flexibility index (Phi) is 5.49.